The predicted molar refractivity (Wildman–Crippen MR) is 100 cm³/mol. The van der Waals surface area contributed by atoms with E-state index in [0.717, 1.165) is 0 Å². The third-order valence-corrected chi connectivity index (χ3v) is 5.61. The summed E-state index contributed by atoms with van der Waals surface area (Å²) < 4.78 is 16.8. The van der Waals surface area contributed by atoms with Crippen molar-refractivity contribution in [3.63, 3.8) is 0 Å². The molecule has 166 valence electrons. The normalized spacial score (nSPS) is 45.8. The predicted octanol–water partition coefficient (Wildman–Crippen LogP) is -4.19. The molecule has 1 aliphatic heterocycles. The monoisotopic (exact) mass is 408 g/mol. The van der Waals surface area contributed by atoms with Crippen molar-refractivity contribution in [1.82, 2.24) is 10.6 Å². The molecule has 1 heterocycles. The molecule has 11 nitrogen and oxygen atoms in total. The minimum absolute atomic E-state index is 0.0553. The van der Waals surface area contributed by atoms with Gasteiger partial charge in [-0.2, -0.15) is 0 Å². The molecule has 10 N–H and O–H groups in total. The summed E-state index contributed by atoms with van der Waals surface area (Å²) in [6, 6.07) is -1.56. The molecule has 2 rings (SSSR count). The molecule has 0 aromatic rings. The van der Waals surface area contributed by atoms with Gasteiger partial charge in [-0.15, -0.1) is 0 Å². The first-order valence-electron chi connectivity index (χ1n) is 9.59. The van der Waals surface area contributed by atoms with Crippen LogP contribution in [0.5, 0.6) is 0 Å². The number of nitrogens with one attached hydrogen (secondary N) is 2. The molecule has 0 bridgehead atoms. The molecule has 1 aliphatic carbocycles. The van der Waals surface area contributed by atoms with Gasteiger partial charge in [0, 0.05) is 32.3 Å². The number of nitrogens with two attached hydrogens (primary N) is 2. The van der Waals surface area contributed by atoms with Gasteiger partial charge in [-0.05, 0) is 20.4 Å². The van der Waals surface area contributed by atoms with Gasteiger partial charge in [-0.3, -0.25) is 0 Å². The molecule has 1 saturated heterocycles. The van der Waals surface area contributed by atoms with Gasteiger partial charge in [0.25, 0.3) is 0 Å². The maximum atomic E-state index is 10.8. The van der Waals surface area contributed by atoms with Crippen LogP contribution in [0.4, 0.5) is 0 Å². The second-order valence-corrected chi connectivity index (χ2v) is 7.89. The Morgan fingerprint density at radius 3 is 2.54 bits per heavy atom. The molecule has 0 amide bonds. The van der Waals surface area contributed by atoms with Gasteiger partial charge < -0.3 is 56.7 Å². The van der Waals surface area contributed by atoms with Crippen LogP contribution in [0.1, 0.15) is 13.3 Å². The largest absolute Gasteiger partial charge is 0.390 e. The lowest BCUT2D eigenvalue weighted by Gasteiger charge is -2.48. The minimum Gasteiger partial charge on any atom is -0.390 e. The highest BCUT2D eigenvalue weighted by Crippen LogP contribution is 2.30. The first-order chi connectivity index (χ1) is 13.2. The lowest BCUT2D eigenvalue weighted by Crippen LogP contribution is -2.68. The molecule has 0 aromatic heterocycles. The van der Waals surface area contributed by atoms with Crippen LogP contribution in [-0.4, -0.2) is 115 Å². The Morgan fingerprint density at radius 1 is 1.29 bits per heavy atom. The highest BCUT2D eigenvalue weighted by molar-refractivity contribution is 5.02. The molecule has 2 aliphatic rings. The van der Waals surface area contributed by atoms with Crippen LogP contribution in [0.2, 0.25) is 0 Å². The molecule has 10 atom stereocenters. The first-order valence-corrected chi connectivity index (χ1v) is 9.59. The second kappa shape index (κ2) is 10.0. The molecule has 28 heavy (non-hydrogen) atoms. The van der Waals surface area contributed by atoms with Gasteiger partial charge in [-0.1, -0.05) is 0 Å². The number of aliphatic hydroxyl groups is 4. The molecular formula is C17H36N4O7. The number of hydrogen-bond acceptors (Lipinski definition) is 11. The smallest absolute Gasteiger partial charge is 0.185 e. The quantitative estimate of drug-likeness (QED) is 0.195. The van der Waals surface area contributed by atoms with Crippen LogP contribution in [0.15, 0.2) is 0 Å². The summed E-state index contributed by atoms with van der Waals surface area (Å²) in [5.74, 6) is 0. The fourth-order valence-electron chi connectivity index (χ4n) is 4.02. The Bertz CT molecular complexity index is 486. The highest BCUT2D eigenvalue weighted by Gasteiger charge is 2.50. The summed E-state index contributed by atoms with van der Waals surface area (Å²) in [4.78, 5) is 0. The van der Waals surface area contributed by atoms with Gasteiger partial charge in [0.05, 0.1) is 18.8 Å². The summed E-state index contributed by atoms with van der Waals surface area (Å²) in [6.45, 7) is 1.78. The van der Waals surface area contributed by atoms with Crippen molar-refractivity contribution in [2.45, 2.75) is 73.9 Å². The Hall–Kier alpha value is -0.440. The van der Waals surface area contributed by atoms with E-state index < -0.39 is 60.5 Å². The second-order valence-electron chi connectivity index (χ2n) is 7.89. The zero-order valence-electron chi connectivity index (χ0n) is 16.7. The SMILES string of the molecule is CN[C@@H]1[C@@H](O)[C@@H](O[C@H]2[C@H](NCC(O)CN)C[C@H](N)C(OC)[C@@H]2O)OC[C@]1(C)O. The Kier molecular flexibility index (Phi) is 8.55. The molecule has 2 fully saturated rings. The molecule has 0 radical (unpaired) electrons. The number of methoxy groups -OCH3 is 1. The van der Waals surface area contributed by atoms with Crippen LogP contribution in [0, 0.1) is 0 Å². The van der Waals surface area contributed by atoms with Gasteiger partial charge in [0.2, 0.25) is 0 Å². The van der Waals surface area contributed by atoms with Crippen molar-refractivity contribution < 1.29 is 34.6 Å². The van der Waals surface area contributed by atoms with Gasteiger partial charge >= 0.3 is 0 Å². The average Bonchev–Trinajstić information content (AvgIpc) is 2.64. The number of rotatable bonds is 8. The molecular weight excluding hydrogens is 372 g/mol. The Morgan fingerprint density at radius 2 is 1.96 bits per heavy atom. The Labute approximate surface area is 165 Å². The van der Waals surface area contributed by atoms with Crippen LogP contribution in [0.3, 0.4) is 0 Å². The van der Waals surface area contributed by atoms with E-state index in [1.807, 2.05) is 0 Å². The molecule has 2 unspecified atom stereocenters. The van der Waals surface area contributed by atoms with Crippen LogP contribution in [0.25, 0.3) is 0 Å². The van der Waals surface area contributed by atoms with Gasteiger partial charge in [-0.25, -0.2) is 0 Å². The molecule has 0 spiro atoms. The zero-order chi connectivity index (χ0) is 21.1. The van der Waals surface area contributed by atoms with Crippen LogP contribution in [-0.2, 0) is 14.2 Å². The number of likely N-dealkylation sites (N-methyl/N-ethyl adjacent to an activating group) is 1. The molecule has 0 aromatic carbocycles. The summed E-state index contributed by atoms with van der Waals surface area (Å²) in [5.41, 5.74) is 10.3. The van der Waals surface area contributed by atoms with E-state index in [-0.39, 0.29) is 19.7 Å². The summed E-state index contributed by atoms with van der Waals surface area (Å²) in [5, 5.41) is 47.5. The van der Waals surface area contributed by atoms with E-state index in [1.54, 1.807) is 14.0 Å². The van der Waals surface area contributed by atoms with Gasteiger partial charge in [0.1, 0.15) is 30.0 Å². The van der Waals surface area contributed by atoms with E-state index in [4.69, 9.17) is 25.7 Å². The van der Waals surface area contributed by atoms with E-state index >= 15 is 0 Å². The maximum absolute atomic E-state index is 10.8. The van der Waals surface area contributed by atoms with Crippen molar-refractivity contribution in [2.24, 2.45) is 11.5 Å². The fraction of sp³-hybridized carbons (Fsp3) is 1.00. The van der Waals surface area contributed by atoms with Gasteiger partial charge in [0.15, 0.2) is 6.29 Å². The standard InChI is InChI=1S/C17H36N4O7/c1-17(25)7-27-16(12(24)15(17)20-2)28-14-10(21-6-8(22)5-18)4-9(19)13(26-3)11(14)23/h8-16,20-25H,4-7,18-19H2,1-3H3/t8?,9-,10+,11-,12+,13?,14-,15+,16+,17-/m0/s1. The maximum Gasteiger partial charge on any atom is 0.185 e. The lowest BCUT2D eigenvalue weighted by molar-refractivity contribution is -0.298. The number of aliphatic hydroxyl groups excluding tert-OH is 3. The van der Waals surface area contributed by atoms with Crippen molar-refractivity contribution in [2.75, 3.05) is 33.9 Å². The molecule has 1 saturated carbocycles. The fourth-order valence-corrected chi connectivity index (χ4v) is 4.02. The van der Waals surface area contributed by atoms with E-state index in [1.165, 1.54) is 7.11 Å². The Balaban J connectivity index is 2.14. The summed E-state index contributed by atoms with van der Waals surface area (Å²) >= 11 is 0. The third-order valence-electron chi connectivity index (χ3n) is 5.61. The van der Waals surface area contributed by atoms with E-state index in [9.17, 15) is 20.4 Å². The highest BCUT2D eigenvalue weighted by atomic mass is 16.7. The zero-order valence-corrected chi connectivity index (χ0v) is 16.7. The van der Waals surface area contributed by atoms with Crippen molar-refractivity contribution in [3.05, 3.63) is 0 Å². The van der Waals surface area contributed by atoms with Crippen molar-refractivity contribution in [3.8, 4) is 0 Å². The van der Waals surface area contributed by atoms with Crippen LogP contribution >= 0.6 is 0 Å². The van der Waals surface area contributed by atoms with Crippen LogP contribution < -0.4 is 22.1 Å². The van der Waals surface area contributed by atoms with Crippen molar-refractivity contribution in [1.29, 1.82) is 0 Å². The summed E-state index contributed by atoms with van der Waals surface area (Å²) in [6.07, 6.45) is -5.17. The minimum atomic E-state index is -1.28. The van der Waals surface area contributed by atoms with Crippen molar-refractivity contribution >= 4 is 0 Å². The average molecular weight is 408 g/mol. The summed E-state index contributed by atoms with van der Waals surface area (Å²) in [7, 11) is 3.08. The van der Waals surface area contributed by atoms with E-state index in [2.05, 4.69) is 10.6 Å². The topological polar surface area (TPSA) is 185 Å². The number of hydrogen-bond donors (Lipinski definition) is 8. The first kappa shape index (κ1) is 23.8. The molecule has 11 heteroatoms. The van der Waals surface area contributed by atoms with E-state index in [0.29, 0.717) is 6.42 Å². The number of ether oxygens (including phenoxy) is 3. The lowest BCUT2D eigenvalue weighted by atomic mass is 9.83. The third kappa shape index (κ3) is 5.18.